The van der Waals surface area contributed by atoms with Crippen molar-refractivity contribution in [2.45, 2.75) is 0 Å². The zero-order chi connectivity index (χ0) is 27.6. The van der Waals surface area contributed by atoms with Crippen LogP contribution in [0.25, 0.3) is 27.9 Å². The monoisotopic (exact) mass is 731 g/mol. The van der Waals surface area contributed by atoms with Gasteiger partial charge in [0.15, 0.2) is 0 Å². The van der Waals surface area contributed by atoms with Gasteiger partial charge >= 0.3 is 6.85 Å². The van der Waals surface area contributed by atoms with E-state index in [2.05, 4.69) is 148 Å². The van der Waals surface area contributed by atoms with Crippen LogP contribution >= 0.6 is 0 Å². The number of nitrogens with zero attached hydrogens (tertiary/aromatic N) is 5. The molecule has 0 fully saturated rings. The molecule has 5 aromatic carbocycles. The molecule has 9 rings (SSSR count). The Morgan fingerprint density at radius 2 is 1.19 bits per heavy atom. The van der Waals surface area contributed by atoms with Crippen molar-refractivity contribution < 1.29 is 21.1 Å². The van der Waals surface area contributed by atoms with Gasteiger partial charge in [-0.15, -0.1) is 47.7 Å². The van der Waals surface area contributed by atoms with Crippen molar-refractivity contribution in [3.8, 4) is 27.9 Å². The fourth-order valence-corrected chi connectivity index (χ4v) is 6.48. The van der Waals surface area contributed by atoms with Gasteiger partial charge in [-0.25, -0.2) is 0 Å². The number of hydrogen-bond acceptors (Lipinski definition) is 4. The minimum Gasteiger partial charge on any atom is -0.500 e. The maximum atomic E-state index is 4.50. The smallest absolute Gasteiger partial charge is 0.324 e. The molecule has 0 saturated carbocycles. The average molecular weight is 732 g/mol. The molecule has 7 heteroatoms. The largest absolute Gasteiger partial charge is 0.500 e. The van der Waals surface area contributed by atoms with Crippen LogP contribution in [0.2, 0.25) is 0 Å². The Morgan fingerprint density at radius 3 is 1.86 bits per heavy atom. The van der Waals surface area contributed by atoms with Crippen molar-refractivity contribution in [3.63, 3.8) is 0 Å². The van der Waals surface area contributed by atoms with Crippen LogP contribution in [-0.4, -0.2) is 16.6 Å². The number of fused-ring (bicyclic) bond motifs is 11. The molecule has 0 atom stereocenters. The first-order chi connectivity index (χ1) is 20.8. The standard InChI is InChI=1S/C36H23BN5.Pt/c1-2-9-26(10-3-1)39-21-22-40(25-39)27-15-17-31-29-11-4-6-13-33(29)37-34-14-7-5-12-30(34)32-18-16-28(41-20-8-19-38-41)24-36(32)42(37)35(31)23-27;/h1-22,25H;/q-3;. The summed E-state index contributed by atoms with van der Waals surface area (Å²) in [5.74, 6) is 0. The average Bonchev–Trinajstić information content (AvgIpc) is 3.78. The first-order valence-electron chi connectivity index (χ1n) is 14.1. The Hall–Kier alpha value is -4.80. The van der Waals surface area contributed by atoms with Gasteiger partial charge in [0.1, 0.15) is 0 Å². The van der Waals surface area contributed by atoms with Crippen LogP contribution in [0.3, 0.4) is 0 Å². The molecular formula is C36H23BN5Pt-3. The molecule has 4 heterocycles. The number of benzene rings is 5. The zero-order valence-corrected chi connectivity index (χ0v) is 25.2. The number of hydrogen-bond donors (Lipinski definition) is 0. The minimum absolute atomic E-state index is 0. The molecule has 1 aromatic heterocycles. The van der Waals surface area contributed by atoms with Gasteiger partial charge in [0.25, 0.3) is 0 Å². The topological polar surface area (TPSA) is 27.5 Å². The molecule has 0 bridgehead atoms. The summed E-state index contributed by atoms with van der Waals surface area (Å²) >= 11 is 0. The second kappa shape index (κ2) is 10.2. The summed E-state index contributed by atoms with van der Waals surface area (Å²) in [5, 5.41) is 4.50. The van der Waals surface area contributed by atoms with Crippen molar-refractivity contribution in [1.82, 2.24) is 9.78 Å². The molecule has 0 aliphatic carbocycles. The molecule has 6 aromatic rings. The van der Waals surface area contributed by atoms with Gasteiger partial charge in [0, 0.05) is 39.1 Å². The quantitative estimate of drug-likeness (QED) is 0.158. The van der Waals surface area contributed by atoms with Crippen LogP contribution in [0.4, 0.5) is 22.7 Å². The van der Waals surface area contributed by atoms with Crippen LogP contribution in [-0.2, 0) is 21.1 Å². The van der Waals surface area contributed by atoms with Crippen LogP contribution < -0.4 is 25.5 Å². The predicted octanol–water partition coefficient (Wildman–Crippen LogP) is 6.29. The van der Waals surface area contributed by atoms with E-state index in [0.717, 1.165) is 39.6 Å². The SMILES string of the molecule is [Pt].[c-]1c(N2C=CN(c3ccccc3)[CH-]2)ccc2c1N1B(c3ccccc3-2)c2ccccc2-c2ccc(-n3cccn3)[c-]c21. The van der Waals surface area contributed by atoms with Gasteiger partial charge in [-0.2, -0.15) is 17.2 Å². The first kappa shape index (κ1) is 25.9. The van der Waals surface area contributed by atoms with E-state index >= 15 is 0 Å². The zero-order valence-electron chi connectivity index (χ0n) is 22.9. The molecule has 43 heavy (non-hydrogen) atoms. The molecule has 0 N–H and O–H groups in total. The molecule has 0 amide bonds. The van der Waals surface area contributed by atoms with Crippen LogP contribution in [0.5, 0.6) is 0 Å². The Labute approximate surface area is 265 Å². The van der Waals surface area contributed by atoms with E-state index in [1.165, 1.54) is 22.1 Å². The van der Waals surface area contributed by atoms with Crippen molar-refractivity contribution in [3.05, 3.63) is 153 Å². The van der Waals surface area contributed by atoms with E-state index in [0.29, 0.717) is 0 Å². The maximum absolute atomic E-state index is 4.50. The Kier molecular flexibility index (Phi) is 6.13. The molecule has 0 spiro atoms. The molecule has 3 aliphatic rings. The molecule has 0 unspecified atom stereocenters. The Bertz CT molecular complexity index is 2010. The Balaban J connectivity index is 0.00000278. The fourth-order valence-electron chi connectivity index (χ4n) is 6.48. The second-order valence-electron chi connectivity index (χ2n) is 10.7. The van der Waals surface area contributed by atoms with Gasteiger partial charge in [0.2, 0.25) is 0 Å². The van der Waals surface area contributed by atoms with E-state index in [4.69, 9.17) is 0 Å². The van der Waals surface area contributed by atoms with Crippen molar-refractivity contribution in [2.24, 2.45) is 0 Å². The second-order valence-corrected chi connectivity index (χ2v) is 10.7. The fraction of sp³-hybridized carbons (Fsp3) is 0. The number of aromatic nitrogens is 2. The summed E-state index contributed by atoms with van der Waals surface area (Å²) in [4.78, 5) is 6.69. The van der Waals surface area contributed by atoms with Gasteiger partial charge in [0.05, 0.1) is 0 Å². The third-order valence-electron chi connectivity index (χ3n) is 8.37. The van der Waals surface area contributed by atoms with E-state index in [-0.39, 0.29) is 27.9 Å². The van der Waals surface area contributed by atoms with Crippen molar-refractivity contribution in [1.29, 1.82) is 0 Å². The number of anilines is 4. The summed E-state index contributed by atoms with van der Waals surface area (Å²) in [5.41, 5.74) is 12.4. The summed E-state index contributed by atoms with van der Waals surface area (Å²) in [6.07, 6.45) is 7.93. The third kappa shape index (κ3) is 4.01. The van der Waals surface area contributed by atoms with Crippen LogP contribution in [0, 0.1) is 18.8 Å². The van der Waals surface area contributed by atoms with E-state index in [9.17, 15) is 0 Å². The van der Waals surface area contributed by atoms with E-state index < -0.39 is 0 Å². The number of para-hydroxylation sites is 1. The summed E-state index contributed by atoms with van der Waals surface area (Å²) in [6, 6.07) is 46.2. The molecule has 5 nitrogen and oxygen atoms in total. The van der Waals surface area contributed by atoms with E-state index in [1.54, 1.807) is 6.20 Å². The summed E-state index contributed by atoms with van der Waals surface area (Å²) in [6.45, 7) is 2.09. The van der Waals surface area contributed by atoms with Crippen LogP contribution in [0.15, 0.2) is 134 Å². The van der Waals surface area contributed by atoms with Crippen LogP contribution in [0.1, 0.15) is 0 Å². The molecular weight excluding hydrogens is 708 g/mol. The predicted molar refractivity (Wildman–Crippen MR) is 171 cm³/mol. The maximum Gasteiger partial charge on any atom is 0.324 e. The molecule has 0 radical (unpaired) electrons. The third-order valence-corrected chi connectivity index (χ3v) is 8.37. The molecule has 0 saturated heterocycles. The first-order valence-corrected chi connectivity index (χ1v) is 14.1. The normalized spacial score (nSPS) is 14.0. The number of rotatable bonds is 3. The van der Waals surface area contributed by atoms with Crippen molar-refractivity contribution in [2.75, 3.05) is 14.6 Å². The van der Waals surface area contributed by atoms with Gasteiger partial charge in [-0.05, 0) is 36.3 Å². The summed E-state index contributed by atoms with van der Waals surface area (Å²) < 4.78 is 1.87. The van der Waals surface area contributed by atoms with E-state index in [1.807, 2.05) is 23.0 Å². The van der Waals surface area contributed by atoms with Gasteiger partial charge < -0.3 is 14.6 Å². The van der Waals surface area contributed by atoms with Crippen molar-refractivity contribution >= 4 is 40.5 Å². The van der Waals surface area contributed by atoms with Gasteiger partial charge in [-0.1, -0.05) is 100 Å². The van der Waals surface area contributed by atoms with Gasteiger partial charge in [-0.3, -0.25) is 4.68 Å². The molecule has 3 aliphatic heterocycles. The minimum atomic E-state index is -0.00746. The Morgan fingerprint density at radius 1 is 0.581 bits per heavy atom. The summed E-state index contributed by atoms with van der Waals surface area (Å²) in [7, 11) is 0. The molecule has 208 valence electrons.